The third kappa shape index (κ3) is 2.76. The summed E-state index contributed by atoms with van der Waals surface area (Å²) in [6.45, 7) is 20.1. The quantitative estimate of drug-likeness (QED) is 0.381. The minimum atomic E-state index is 0.121. The van der Waals surface area contributed by atoms with E-state index in [2.05, 4.69) is 61.5 Å². The summed E-state index contributed by atoms with van der Waals surface area (Å²) < 4.78 is 0. The maximum atomic E-state index is 14.2. The molecule has 5 aliphatic rings. The monoisotopic (exact) mass is 424 g/mol. The molecule has 0 N–H and O–H groups in total. The second kappa shape index (κ2) is 6.29. The Morgan fingerprint density at radius 1 is 0.806 bits per heavy atom. The standard InChI is InChI=1S/C30H48O/c1-25(2)14-15-27(5)16-17-29(7)20(21(27)19-25)18-22(31)24-28(6)12-9-11-26(3,4)23(28)10-13-30(24,29)8/h18,21,23-24H,9-17,19H2,1-8H3. The van der Waals surface area contributed by atoms with E-state index in [1.54, 1.807) is 5.57 Å². The van der Waals surface area contributed by atoms with E-state index in [4.69, 9.17) is 0 Å². The Kier molecular flexibility index (Phi) is 4.51. The first kappa shape index (κ1) is 22.2. The lowest BCUT2D eigenvalue weighted by molar-refractivity contribution is -0.184. The molecule has 0 aromatic carbocycles. The van der Waals surface area contributed by atoms with Crippen LogP contribution in [0.4, 0.5) is 0 Å². The molecule has 0 aliphatic heterocycles. The van der Waals surface area contributed by atoms with E-state index < -0.39 is 0 Å². The molecule has 0 bridgehead atoms. The molecule has 0 aromatic heterocycles. The van der Waals surface area contributed by atoms with Crippen LogP contribution < -0.4 is 0 Å². The zero-order valence-electron chi connectivity index (χ0n) is 21.8. The van der Waals surface area contributed by atoms with Crippen LogP contribution in [0, 0.1) is 50.2 Å². The van der Waals surface area contributed by atoms with Crippen molar-refractivity contribution >= 4 is 5.78 Å². The zero-order valence-corrected chi connectivity index (χ0v) is 21.8. The Hall–Kier alpha value is -0.590. The van der Waals surface area contributed by atoms with Gasteiger partial charge in [-0.15, -0.1) is 0 Å². The third-order valence-electron chi connectivity index (χ3n) is 12.5. The fourth-order valence-corrected chi connectivity index (χ4v) is 10.4. The highest BCUT2D eigenvalue weighted by Crippen LogP contribution is 2.75. The summed E-state index contributed by atoms with van der Waals surface area (Å²) >= 11 is 0. The van der Waals surface area contributed by atoms with Gasteiger partial charge in [0.2, 0.25) is 0 Å². The van der Waals surface area contributed by atoms with E-state index >= 15 is 0 Å². The van der Waals surface area contributed by atoms with Crippen molar-refractivity contribution in [2.45, 2.75) is 120 Å². The van der Waals surface area contributed by atoms with Gasteiger partial charge in [0.25, 0.3) is 0 Å². The van der Waals surface area contributed by atoms with Crippen LogP contribution in [-0.4, -0.2) is 5.78 Å². The highest BCUT2D eigenvalue weighted by Gasteiger charge is 2.69. The average molecular weight is 425 g/mol. The molecule has 174 valence electrons. The Balaban J connectivity index is 1.63. The smallest absolute Gasteiger partial charge is 0.159 e. The maximum Gasteiger partial charge on any atom is 0.159 e. The number of allylic oxidation sites excluding steroid dienone is 2. The minimum Gasteiger partial charge on any atom is -0.295 e. The van der Waals surface area contributed by atoms with Gasteiger partial charge in [-0.05, 0) is 108 Å². The van der Waals surface area contributed by atoms with Crippen LogP contribution >= 0.6 is 0 Å². The predicted octanol–water partition coefficient (Wildman–Crippen LogP) is 8.38. The molecule has 0 amide bonds. The summed E-state index contributed by atoms with van der Waals surface area (Å²) in [4.78, 5) is 14.2. The largest absolute Gasteiger partial charge is 0.295 e. The van der Waals surface area contributed by atoms with Crippen LogP contribution in [0.25, 0.3) is 0 Å². The SMILES string of the molecule is CC1(C)CCC2(C)CCC3(C)C(=CC(=O)C4C5(C)CCCC(C)(C)C5CCC43C)C2C1. The molecule has 5 aliphatic carbocycles. The van der Waals surface area contributed by atoms with Crippen molar-refractivity contribution in [3.05, 3.63) is 11.6 Å². The van der Waals surface area contributed by atoms with Crippen molar-refractivity contribution in [1.29, 1.82) is 0 Å². The van der Waals surface area contributed by atoms with Gasteiger partial charge in [-0.3, -0.25) is 4.79 Å². The fraction of sp³-hybridized carbons (Fsp3) is 0.900. The molecular weight excluding hydrogens is 376 g/mol. The van der Waals surface area contributed by atoms with Crippen molar-refractivity contribution in [3.8, 4) is 0 Å². The number of fused-ring (bicyclic) bond motifs is 7. The fourth-order valence-electron chi connectivity index (χ4n) is 10.4. The topological polar surface area (TPSA) is 17.1 Å². The van der Waals surface area contributed by atoms with Gasteiger partial charge < -0.3 is 0 Å². The van der Waals surface area contributed by atoms with Gasteiger partial charge in [-0.25, -0.2) is 0 Å². The highest BCUT2D eigenvalue weighted by molar-refractivity contribution is 5.95. The molecular formula is C30H48O. The molecule has 0 spiro atoms. The summed E-state index contributed by atoms with van der Waals surface area (Å²) in [6, 6.07) is 0. The third-order valence-corrected chi connectivity index (χ3v) is 12.5. The van der Waals surface area contributed by atoms with Crippen molar-refractivity contribution in [2.75, 3.05) is 0 Å². The van der Waals surface area contributed by atoms with Crippen molar-refractivity contribution in [2.24, 2.45) is 50.2 Å². The molecule has 0 saturated heterocycles. The lowest BCUT2D eigenvalue weighted by Gasteiger charge is -2.70. The number of carbonyl (C=O) groups excluding carboxylic acids is 1. The summed E-state index contributed by atoms with van der Waals surface area (Å²) in [5.74, 6) is 2.02. The molecule has 1 heteroatoms. The molecule has 4 saturated carbocycles. The van der Waals surface area contributed by atoms with Gasteiger partial charge in [0.15, 0.2) is 5.78 Å². The second-order valence-electron chi connectivity index (χ2n) is 15.2. The average Bonchev–Trinajstić information content (AvgIpc) is 2.64. The molecule has 7 unspecified atom stereocenters. The summed E-state index contributed by atoms with van der Waals surface area (Å²) in [6.07, 6.45) is 15.3. The molecule has 5 rings (SSSR count). The van der Waals surface area contributed by atoms with Crippen LogP contribution in [0.5, 0.6) is 0 Å². The molecule has 7 atom stereocenters. The molecule has 0 heterocycles. The zero-order chi connectivity index (χ0) is 22.7. The minimum absolute atomic E-state index is 0.121. The van der Waals surface area contributed by atoms with E-state index in [0.717, 1.165) is 0 Å². The summed E-state index contributed by atoms with van der Waals surface area (Å²) in [7, 11) is 0. The van der Waals surface area contributed by atoms with Gasteiger partial charge in [-0.1, -0.05) is 67.4 Å². The molecule has 0 aromatic rings. The van der Waals surface area contributed by atoms with Crippen molar-refractivity contribution < 1.29 is 4.79 Å². The molecule has 31 heavy (non-hydrogen) atoms. The number of hydrogen-bond acceptors (Lipinski definition) is 1. The lowest BCUT2D eigenvalue weighted by Crippen LogP contribution is -2.65. The Morgan fingerprint density at radius 3 is 2.19 bits per heavy atom. The Bertz CT molecular complexity index is 831. The first-order valence-corrected chi connectivity index (χ1v) is 13.4. The van der Waals surface area contributed by atoms with E-state index in [0.29, 0.717) is 33.9 Å². The highest BCUT2D eigenvalue weighted by atomic mass is 16.1. The normalized spacial score (nSPS) is 52.8. The first-order valence-electron chi connectivity index (χ1n) is 13.4. The Morgan fingerprint density at radius 2 is 1.48 bits per heavy atom. The molecule has 1 nitrogen and oxygen atoms in total. The lowest BCUT2D eigenvalue weighted by atomic mass is 9.33. The number of rotatable bonds is 0. The Labute approximate surface area is 192 Å². The molecule has 0 radical (unpaired) electrons. The first-order chi connectivity index (χ1) is 14.2. The van der Waals surface area contributed by atoms with Gasteiger partial charge in [0.05, 0.1) is 0 Å². The van der Waals surface area contributed by atoms with Crippen LogP contribution in [0.1, 0.15) is 120 Å². The van der Waals surface area contributed by atoms with Crippen LogP contribution in [0.2, 0.25) is 0 Å². The summed E-state index contributed by atoms with van der Waals surface area (Å²) in [5, 5.41) is 0. The number of carbonyl (C=O) groups is 1. The second-order valence-corrected chi connectivity index (χ2v) is 15.2. The van der Waals surface area contributed by atoms with Crippen LogP contribution in [0.3, 0.4) is 0 Å². The predicted molar refractivity (Wildman–Crippen MR) is 130 cm³/mol. The van der Waals surface area contributed by atoms with Gasteiger partial charge in [0, 0.05) is 5.92 Å². The maximum absolute atomic E-state index is 14.2. The van der Waals surface area contributed by atoms with E-state index in [-0.39, 0.29) is 22.2 Å². The van der Waals surface area contributed by atoms with Gasteiger partial charge in [0.1, 0.15) is 0 Å². The van der Waals surface area contributed by atoms with E-state index in [1.807, 2.05) is 0 Å². The number of hydrogen-bond donors (Lipinski definition) is 0. The summed E-state index contributed by atoms with van der Waals surface area (Å²) in [5.41, 5.74) is 3.24. The van der Waals surface area contributed by atoms with Crippen molar-refractivity contribution in [3.63, 3.8) is 0 Å². The van der Waals surface area contributed by atoms with Crippen LogP contribution in [-0.2, 0) is 4.79 Å². The van der Waals surface area contributed by atoms with E-state index in [1.165, 1.54) is 64.2 Å². The number of ketones is 1. The van der Waals surface area contributed by atoms with Gasteiger partial charge in [-0.2, -0.15) is 0 Å². The van der Waals surface area contributed by atoms with Crippen LogP contribution in [0.15, 0.2) is 11.6 Å². The van der Waals surface area contributed by atoms with Gasteiger partial charge >= 0.3 is 0 Å². The molecule has 4 fully saturated rings. The van der Waals surface area contributed by atoms with E-state index in [9.17, 15) is 4.79 Å². The van der Waals surface area contributed by atoms with Crippen molar-refractivity contribution in [1.82, 2.24) is 0 Å².